The Morgan fingerprint density at radius 1 is 1.36 bits per heavy atom. The summed E-state index contributed by atoms with van der Waals surface area (Å²) in [5, 5.41) is 2.07. The molecule has 2 nitrogen and oxygen atoms in total. The monoisotopic (exact) mass is 225 g/mol. The van der Waals surface area contributed by atoms with Crippen LogP contribution in [0.15, 0.2) is 23.1 Å². The van der Waals surface area contributed by atoms with E-state index in [9.17, 15) is 0 Å². The highest BCUT2D eigenvalue weighted by Crippen LogP contribution is 2.37. The third-order valence-corrected chi connectivity index (χ3v) is 3.74. The number of benzene rings is 1. The van der Waals surface area contributed by atoms with Crippen LogP contribution in [-0.2, 0) is 0 Å². The first kappa shape index (κ1) is 9.68. The van der Waals surface area contributed by atoms with E-state index in [0.717, 1.165) is 10.8 Å². The molecule has 0 saturated heterocycles. The maximum absolute atomic E-state index is 5.77. The van der Waals surface area contributed by atoms with Crippen molar-refractivity contribution in [2.24, 2.45) is 0 Å². The van der Waals surface area contributed by atoms with Crippen LogP contribution in [0.3, 0.4) is 0 Å². The van der Waals surface area contributed by atoms with Crippen molar-refractivity contribution in [1.82, 2.24) is 0 Å². The fraction of sp³-hybridized carbons (Fsp3) is 0.200. The Morgan fingerprint density at radius 2 is 2.14 bits per heavy atom. The fourth-order valence-electron chi connectivity index (χ4n) is 1.39. The summed E-state index contributed by atoms with van der Waals surface area (Å²) < 4.78 is 6.41. The molecule has 1 aromatic heterocycles. The second-order valence-electron chi connectivity index (χ2n) is 2.89. The number of thioether (sulfide) groups is 1. The minimum absolute atomic E-state index is 0.851. The first-order valence-corrected chi connectivity index (χ1v) is 6.19. The average Bonchev–Trinajstić information content (AvgIpc) is 2.56. The maximum Gasteiger partial charge on any atom is 0.121 e. The number of fused-ring (bicyclic) bond motifs is 1. The largest absolute Gasteiger partial charge is 0.497 e. The van der Waals surface area contributed by atoms with Crippen molar-refractivity contribution in [1.29, 1.82) is 0 Å². The molecule has 0 aliphatic carbocycles. The zero-order valence-electron chi connectivity index (χ0n) is 8.03. The number of nitrogens with two attached hydrogens (primary N) is 1. The highest BCUT2D eigenvalue weighted by Gasteiger charge is 2.06. The predicted octanol–water partition coefficient (Wildman–Crippen LogP) is 3.21. The summed E-state index contributed by atoms with van der Waals surface area (Å²) in [6, 6.07) is 6.08. The number of thiophene rings is 1. The van der Waals surface area contributed by atoms with Gasteiger partial charge in [0.05, 0.1) is 12.1 Å². The summed E-state index contributed by atoms with van der Waals surface area (Å²) >= 11 is 3.31. The lowest BCUT2D eigenvalue weighted by Gasteiger charge is -2.03. The van der Waals surface area contributed by atoms with Crippen LogP contribution < -0.4 is 10.5 Å². The molecule has 14 heavy (non-hydrogen) atoms. The van der Waals surface area contributed by atoms with E-state index in [1.165, 1.54) is 15.0 Å². The maximum atomic E-state index is 5.77. The highest BCUT2D eigenvalue weighted by molar-refractivity contribution is 7.98. The van der Waals surface area contributed by atoms with E-state index < -0.39 is 0 Å². The molecule has 1 aromatic carbocycles. The van der Waals surface area contributed by atoms with Crippen LogP contribution in [0.2, 0.25) is 0 Å². The second-order valence-corrected chi connectivity index (χ2v) is 4.85. The number of rotatable bonds is 2. The molecule has 0 atom stereocenters. The van der Waals surface area contributed by atoms with Crippen LogP contribution in [0.25, 0.3) is 10.1 Å². The first-order chi connectivity index (χ1) is 6.74. The summed E-state index contributed by atoms with van der Waals surface area (Å²) in [6.07, 6.45) is 2.06. The highest BCUT2D eigenvalue weighted by atomic mass is 32.2. The number of nitrogen functional groups attached to an aromatic ring is 1. The topological polar surface area (TPSA) is 35.2 Å². The summed E-state index contributed by atoms with van der Waals surface area (Å²) in [5.41, 5.74) is 5.77. The third-order valence-electron chi connectivity index (χ3n) is 2.05. The number of hydrogen-bond acceptors (Lipinski definition) is 4. The molecular weight excluding hydrogens is 214 g/mol. The number of ether oxygens (including phenoxy) is 1. The van der Waals surface area contributed by atoms with Gasteiger partial charge in [0.1, 0.15) is 5.75 Å². The summed E-state index contributed by atoms with van der Waals surface area (Å²) in [7, 11) is 1.68. The van der Waals surface area contributed by atoms with Crippen molar-refractivity contribution in [2.45, 2.75) is 4.90 Å². The van der Waals surface area contributed by atoms with Gasteiger partial charge in [-0.1, -0.05) is 0 Å². The molecule has 0 aliphatic rings. The quantitative estimate of drug-likeness (QED) is 0.797. The van der Waals surface area contributed by atoms with Crippen LogP contribution in [0.5, 0.6) is 5.75 Å². The molecule has 1 heterocycles. The molecule has 2 N–H and O–H groups in total. The van der Waals surface area contributed by atoms with Crippen molar-refractivity contribution in [3.05, 3.63) is 18.2 Å². The zero-order chi connectivity index (χ0) is 10.1. The van der Waals surface area contributed by atoms with Crippen LogP contribution in [0.1, 0.15) is 0 Å². The number of anilines is 1. The number of methoxy groups -OCH3 is 1. The molecule has 0 bridgehead atoms. The molecule has 0 saturated carbocycles. The molecule has 2 rings (SSSR count). The van der Waals surface area contributed by atoms with Crippen LogP contribution in [0, 0.1) is 0 Å². The minimum Gasteiger partial charge on any atom is -0.497 e. The second kappa shape index (κ2) is 3.71. The van der Waals surface area contributed by atoms with E-state index in [0.29, 0.717) is 0 Å². The van der Waals surface area contributed by atoms with E-state index in [1.54, 1.807) is 30.2 Å². The van der Waals surface area contributed by atoms with Crippen molar-refractivity contribution < 1.29 is 4.74 Å². The Hall–Kier alpha value is -0.870. The van der Waals surface area contributed by atoms with E-state index in [1.807, 2.05) is 18.2 Å². The Balaban J connectivity index is 2.72. The lowest BCUT2D eigenvalue weighted by molar-refractivity contribution is 0.414. The van der Waals surface area contributed by atoms with Crippen molar-refractivity contribution in [3.63, 3.8) is 0 Å². The lowest BCUT2D eigenvalue weighted by Crippen LogP contribution is -1.82. The van der Waals surface area contributed by atoms with E-state index in [2.05, 4.69) is 6.26 Å². The van der Waals surface area contributed by atoms with Crippen molar-refractivity contribution in [3.8, 4) is 5.75 Å². The number of hydrogen-bond donors (Lipinski definition) is 1. The standard InChI is InChI=1S/C10H11NOS2/c1-12-6-3-8(13-2)7-5-10(11)14-9(7)4-6/h3-5H,11H2,1-2H3. The Kier molecular flexibility index (Phi) is 2.56. The van der Waals surface area contributed by atoms with Gasteiger partial charge in [-0.2, -0.15) is 0 Å². The zero-order valence-corrected chi connectivity index (χ0v) is 9.67. The molecule has 0 fully saturated rings. The molecule has 0 radical (unpaired) electrons. The predicted molar refractivity (Wildman–Crippen MR) is 64.6 cm³/mol. The minimum atomic E-state index is 0.851. The molecule has 0 amide bonds. The lowest BCUT2D eigenvalue weighted by atomic mass is 10.2. The molecule has 0 spiro atoms. The smallest absolute Gasteiger partial charge is 0.121 e. The third kappa shape index (κ3) is 1.55. The van der Waals surface area contributed by atoms with E-state index >= 15 is 0 Å². The van der Waals surface area contributed by atoms with Gasteiger partial charge in [-0.25, -0.2) is 0 Å². The van der Waals surface area contributed by atoms with Gasteiger partial charge in [0.2, 0.25) is 0 Å². The van der Waals surface area contributed by atoms with Crippen LogP contribution in [-0.4, -0.2) is 13.4 Å². The fourth-order valence-corrected chi connectivity index (χ4v) is 2.96. The van der Waals surface area contributed by atoms with Gasteiger partial charge in [0.15, 0.2) is 0 Å². The van der Waals surface area contributed by atoms with Crippen LogP contribution in [0.4, 0.5) is 5.00 Å². The summed E-state index contributed by atoms with van der Waals surface area (Å²) in [6.45, 7) is 0. The van der Waals surface area contributed by atoms with E-state index in [-0.39, 0.29) is 0 Å². The molecule has 4 heteroatoms. The average molecular weight is 225 g/mol. The Morgan fingerprint density at radius 3 is 2.79 bits per heavy atom. The van der Waals surface area contributed by atoms with Gasteiger partial charge in [-0.3, -0.25) is 0 Å². The van der Waals surface area contributed by atoms with Crippen molar-refractivity contribution in [2.75, 3.05) is 19.1 Å². The molecular formula is C10H11NOS2. The Labute approximate surface area is 91.1 Å². The summed E-state index contributed by atoms with van der Waals surface area (Å²) in [5.74, 6) is 0.892. The first-order valence-electron chi connectivity index (χ1n) is 4.15. The molecule has 0 aliphatic heterocycles. The van der Waals surface area contributed by atoms with Crippen molar-refractivity contribution >= 4 is 38.2 Å². The van der Waals surface area contributed by atoms with Gasteiger partial charge < -0.3 is 10.5 Å². The van der Waals surface area contributed by atoms with Gasteiger partial charge in [-0.05, 0) is 24.5 Å². The van der Waals surface area contributed by atoms with E-state index in [4.69, 9.17) is 10.5 Å². The SMILES string of the molecule is COc1cc(SC)c2cc(N)sc2c1. The van der Waals surface area contributed by atoms with Crippen LogP contribution >= 0.6 is 23.1 Å². The molecule has 74 valence electrons. The van der Waals surface area contributed by atoms with Gasteiger partial charge in [-0.15, -0.1) is 23.1 Å². The van der Waals surface area contributed by atoms with Gasteiger partial charge >= 0.3 is 0 Å². The summed E-state index contributed by atoms with van der Waals surface area (Å²) in [4.78, 5) is 1.22. The van der Waals surface area contributed by atoms with Gasteiger partial charge in [0.25, 0.3) is 0 Å². The Bertz CT molecular complexity index is 464. The normalized spacial score (nSPS) is 10.7. The molecule has 0 unspecified atom stereocenters. The molecule has 2 aromatic rings. The van der Waals surface area contributed by atoms with Gasteiger partial charge in [0, 0.05) is 15.0 Å².